The normalized spacial score (nSPS) is 20.3. The number of halogens is 2. The lowest BCUT2D eigenvalue weighted by atomic mass is 9.65. The van der Waals surface area contributed by atoms with Gasteiger partial charge in [-0.1, -0.05) is 36.5 Å². The molecule has 1 aromatic carbocycles. The Labute approximate surface area is 147 Å². The van der Waals surface area contributed by atoms with Crippen LogP contribution >= 0.6 is 23.2 Å². The van der Waals surface area contributed by atoms with E-state index in [9.17, 15) is 9.59 Å². The van der Waals surface area contributed by atoms with E-state index in [0.717, 1.165) is 31.2 Å². The Bertz CT molecular complexity index is 640. The van der Waals surface area contributed by atoms with E-state index < -0.39 is 5.41 Å². The molecule has 0 N–H and O–H groups in total. The first-order valence-electron chi connectivity index (χ1n) is 7.95. The second-order valence-electron chi connectivity index (χ2n) is 6.30. The van der Waals surface area contributed by atoms with Gasteiger partial charge in [-0.2, -0.15) is 0 Å². The fourth-order valence-electron chi connectivity index (χ4n) is 3.49. The van der Waals surface area contributed by atoms with Gasteiger partial charge >= 0.3 is 0 Å². The van der Waals surface area contributed by atoms with Crippen LogP contribution in [0.4, 0.5) is 0 Å². The van der Waals surface area contributed by atoms with Crippen molar-refractivity contribution in [1.29, 1.82) is 0 Å². The first-order chi connectivity index (χ1) is 10.9. The standard InChI is InChI=1S/C18H22Cl2O3/c1-4-7-18(8-5-11(2)21)9-6-12-10-13(23-3)15(19)16(20)14(12)17(18)22/h10H,4-9H2,1-3H3. The zero-order chi connectivity index (χ0) is 17.2. The lowest BCUT2D eigenvalue weighted by Crippen LogP contribution is -2.37. The quantitative estimate of drug-likeness (QED) is 0.695. The molecule has 0 fully saturated rings. The molecule has 5 heteroatoms. The summed E-state index contributed by atoms with van der Waals surface area (Å²) in [7, 11) is 1.53. The van der Waals surface area contributed by atoms with Crippen LogP contribution in [-0.4, -0.2) is 18.7 Å². The third-order valence-electron chi connectivity index (χ3n) is 4.74. The van der Waals surface area contributed by atoms with Crippen LogP contribution in [0, 0.1) is 5.41 Å². The van der Waals surface area contributed by atoms with Crippen LogP contribution in [0.3, 0.4) is 0 Å². The zero-order valence-corrected chi connectivity index (χ0v) is 15.3. The summed E-state index contributed by atoms with van der Waals surface area (Å²) in [5.41, 5.74) is 0.895. The Morgan fingerprint density at radius 2 is 2.00 bits per heavy atom. The van der Waals surface area contributed by atoms with Crippen LogP contribution in [0.2, 0.25) is 10.0 Å². The number of hydrogen-bond acceptors (Lipinski definition) is 3. The fraction of sp³-hybridized carbons (Fsp3) is 0.556. The highest BCUT2D eigenvalue weighted by Gasteiger charge is 2.43. The molecule has 0 bridgehead atoms. The van der Waals surface area contributed by atoms with Crippen LogP contribution < -0.4 is 4.74 Å². The van der Waals surface area contributed by atoms with Crippen LogP contribution in [0.1, 0.15) is 61.9 Å². The summed E-state index contributed by atoms with van der Waals surface area (Å²) >= 11 is 12.6. The number of benzene rings is 1. The maximum absolute atomic E-state index is 13.2. The second-order valence-corrected chi connectivity index (χ2v) is 7.06. The SMILES string of the molecule is CCCC1(CCC(C)=O)CCc2cc(OC)c(Cl)c(Cl)c2C1=O. The summed E-state index contributed by atoms with van der Waals surface area (Å²) in [6.07, 6.45) is 4.13. The highest BCUT2D eigenvalue weighted by atomic mass is 35.5. The lowest BCUT2D eigenvalue weighted by Gasteiger charge is -2.37. The number of aryl methyl sites for hydroxylation is 1. The summed E-state index contributed by atoms with van der Waals surface area (Å²) in [6.45, 7) is 3.62. The maximum atomic E-state index is 13.2. The smallest absolute Gasteiger partial charge is 0.170 e. The van der Waals surface area contributed by atoms with Crippen molar-refractivity contribution >= 4 is 34.8 Å². The molecular weight excluding hydrogens is 335 g/mol. The molecule has 23 heavy (non-hydrogen) atoms. The summed E-state index contributed by atoms with van der Waals surface area (Å²) in [6, 6.07) is 1.81. The van der Waals surface area contributed by atoms with E-state index in [2.05, 4.69) is 6.92 Å². The lowest BCUT2D eigenvalue weighted by molar-refractivity contribution is -0.117. The van der Waals surface area contributed by atoms with Gasteiger partial charge in [-0.25, -0.2) is 0 Å². The summed E-state index contributed by atoms with van der Waals surface area (Å²) in [5.74, 6) is 0.629. The monoisotopic (exact) mass is 356 g/mol. The van der Waals surface area contributed by atoms with Crippen molar-refractivity contribution in [1.82, 2.24) is 0 Å². The van der Waals surface area contributed by atoms with Crippen LogP contribution in [-0.2, 0) is 11.2 Å². The Hall–Kier alpha value is -1.06. The van der Waals surface area contributed by atoms with E-state index >= 15 is 0 Å². The third kappa shape index (κ3) is 3.41. The van der Waals surface area contributed by atoms with Gasteiger partial charge in [0.1, 0.15) is 16.6 Å². The second kappa shape index (κ2) is 7.23. The molecule has 1 atom stereocenters. The van der Waals surface area contributed by atoms with Crippen molar-refractivity contribution < 1.29 is 14.3 Å². The molecule has 0 heterocycles. The third-order valence-corrected chi connectivity index (χ3v) is 5.59. The summed E-state index contributed by atoms with van der Waals surface area (Å²) < 4.78 is 5.23. The molecule has 3 nitrogen and oxygen atoms in total. The van der Waals surface area contributed by atoms with Gasteiger partial charge in [0.2, 0.25) is 0 Å². The molecule has 0 radical (unpaired) electrons. The number of rotatable bonds is 6. The van der Waals surface area contributed by atoms with Gasteiger partial charge in [-0.05, 0) is 44.2 Å². The number of carbonyl (C=O) groups is 2. The molecule has 0 saturated heterocycles. The summed E-state index contributed by atoms with van der Waals surface area (Å²) in [5, 5.41) is 0.550. The molecule has 0 spiro atoms. The number of carbonyl (C=O) groups excluding carboxylic acids is 2. The van der Waals surface area contributed by atoms with Crippen LogP contribution in [0.15, 0.2) is 6.07 Å². The predicted octanol–water partition coefficient (Wildman–Crippen LogP) is 5.29. The number of methoxy groups -OCH3 is 1. The average molecular weight is 357 g/mol. The van der Waals surface area contributed by atoms with Crippen molar-refractivity contribution in [3.63, 3.8) is 0 Å². The van der Waals surface area contributed by atoms with Gasteiger partial charge in [-0.3, -0.25) is 4.79 Å². The van der Waals surface area contributed by atoms with Gasteiger partial charge in [0.15, 0.2) is 5.78 Å². The molecule has 126 valence electrons. The molecule has 1 unspecified atom stereocenters. The van der Waals surface area contributed by atoms with Gasteiger partial charge in [0.05, 0.1) is 12.1 Å². The van der Waals surface area contributed by atoms with E-state index in [4.69, 9.17) is 27.9 Å². The molecule has 1 aliphatic carbocycles. The first-order valence-corrected chi connectivity index (χ1v) is 8.71. The van der Waals surface area contributed by atoms with Crippen molar-refractivity contribution in [3.8, 4) is 5.75 Å². The minimum absolute atomic E-state index is 0.0244. The molecule has 2 rings (SSSR count). The fourth-order valence-corrected chi connectivity index (χ4v) is 4.02. The summed E-state index contributed by atoms with van der Waals surface area (Å²) in [4.78, 5) is 24.6. The zero-order valence-electron chi connectivity index (χ0n) is 13.8. The number of hydrogen-bond donors (Lipinski definition) is 0. The largest absolute Gasteiger partial charge is 0.495 e. The van der Waals surface area contributed by atoms with E-state index in [0.29, 0.717) is 24.2 Å². The molecule has 0 aromatic heterocycles. The Morgan fingerprint density at radius 3 is 2.57 bits per heavy atom. The van der Waals surface area contributed by atoms with E-state index in [1.54, 1.807) is 6.92 Å². The molecule has 1 aliphatic rings. The minimum Gasteiger partial charge on any atom is -0.495 e. The van der Waals surface area contributed by atoms with Crippen molar-refractivity contribution in [2.75, 3.05) is 7.11 Å². The highest BCUT2D eigenvalue weighted by molar-refractivity contribution is 6.45. The molecule has 1 aromatic rings. The van der Waals surface area contributed by atoms with E-state index in [1.165, 1.54) is 7.11 Å². The molecule has 0 saturated carbocycles. The van der Waals surface area contributed by atoms with Gasteiger partial charge in [0, 0.05) is 17.4 Å². The van der Waals surface area contributed by atoms with E-state index in [-0.39, 0.29) is 21.6 Å². The molecule has 0 aliphatic heterocycles. The van der Waals surface area contributed by atoms with Crippen molar-refractivity contribution in [2.45, 2.75) is 52.4 Å². The van der Waals surface area contributed by atoms with Crippen molar-refractivity contribution in [3.05, 3.63) is 27.2 Å². The van der Waals surface area contributed by atoms with Gasteiger partial charge < -0.3 is 9.53 Å². The Morgan fingerprint density at radius 1 is 1.30 bits per heavy atom. The highest BCUT2D eigenvalue weighted by Crippen LogP contribution is 2.48. The number of fused-ring (bicyclic) bond motifs is 1. The number of Topliss-reactive ketones (excluding diaryl/α,β-unsaturated/α-hetero) is 2. The topological polar surface area (TPSA) is 43.4 Å². The Balaban J connectivity index is 2.49. The van der Waals surface area contributed by atoms with E-state index in [1.807, 2.05) is 6.07 Å². The predicted molar refractivity (Wildman–Crippen MR) is 92.9 cm³/mol. The average Bonchev–Trinajstić information content (AvgIpc) is 2.52. The van der Waals surface area contributed by atoms with Gasteiger partial charge in [-0.15, -0.1) is 0 Å². The van der Waals surface area contributed by atoms with Crippen LogP contribution in [0.25, 0.3) is 0 Å². The Kier molecular flexibility index (Phi) is 5.74. The maximum Gasteiger partial charge on any atom is 0.170 e. The molecular formula is C18H22Cl2O3. The first kappa shape index (κ1) is 18.3. The molecule has 0 amide bonds. The van der Waals surface area contributed by atoms with Crippen molar-refractivity contribution in [2.24, 2.45) is 5.41 Å². The van der Waals surface area contributed by atoms with Gasteiger partial charge in [0.25, 0.3) is 0 Å². The number of ketones is 2. The number of ether oxygens (including phenoxy) is 1. The van der Waals surface area contributed by atoms with Crippen LogP contribution in [0.5, 0.6) is 5.75 Å². The minimum atomic E-state index is -0.505.